The minimum Gasteiger partial charge on any atom is -0.458 e. The average Bonchev–Trinajstić information content (AvgIpc) is 2.47. The Morgan fingerprint density at radius 2 is 2.00 bits per heavy atom. The van der Waals surface area contributed by atoms with E-state index in [1.54, 1.807) is 24.3 Å². The zero-order valence-electron chi connectivity index (χ0n) is 11.9. The Morgan fingerprint density at radius 3 is 2.65 bits per heavy atom. The zero-order chi connectivity index (χ0) is 14.8. The van der Waals surface area contributed by atoms with E-state index in [0.717, 1.165) is 18.3 Å². The van der Waals surface area contributed by atoms with Gasteiger partial charge in [0.1, 0.15) is 12.9 Å². The maximum Gasteiger partial charge on any atom is 0.338 e. The van der Waals surface area contributed by atoms with Gasteiger partial charge in [0.25, 0.3) is 0 Å². The summed E-state index contributed by atoms with van der Waals surface area (Å²) in [7, 11) is 0. The lowest BCUT2D eigenvalue weighted by Gasteiger charge is -2.02. The van der Waals surface area contributed by atoms with Crippen molar-refractivity contribution in [2.75, 3.05) is 6.61 Å². The van der Waals surface area contributed by atoms with Crippen LogP contribution in [0.25, 0.3) is 0 Å². The molecule has 0 amide bonds. The third-order valence-corrected chi connectivity index (χ3v) is 2.75. The van der Waals surface area contributed by atoms with Crippen LogP contribution in [0.4, 0.5) is 0 Å². The van der Waals surface area contributed by atoms with Crippen LogP contribution in [0, 0.1) is 5.92 Å². The van der Waals surface area contributed by atoms with Crippen molar-refractivity contribution in [1.82, 2.24) is 0 Å². The van der Waals surface area contributed by atoms with Crippen LogP contribution in [0.15, 0.2) is 54.1 Å². The molecule has 1 aromatic carbocycles. The van der Waals surface area contributed by atoms with Gasteiger partial charge in [-0.05, 0) is 31.6 Å². The third kappa shape index (κ3) is 6.14. The summed E-state index contributed by atoms with van der Waals surface area (Å²) in [4.78, 5) is 22.1. The second-order valence-corrected chi connectivity index (χ2v) is 4.64. The van der Waals surface area contributed by atoms with E-state index in [1.165, 1.54) is 0 Å². The first-order valence-electron chi connectivity index (χ1n) is 6.63. The number of allylic oxidation sites excluding steroid dienone is 3. The number of hydrogen-bond donors (Lipinski definition) is 0. The second kappa shape index (κ2) is 8.86. The molecule has 106 valence electrons. The summed E-state index contributed by atoms with van der Waals surface area (Å²) in [5, 5.41) is 0. The van der Waals surface area contributed by atoms with Crippen molar-refractivity contribution in [3.05, 3.63) is 59.7 Å². The number of carbonyl (C=O) groups excluding carboxylic acids is 2. The van der Waals surface area contributed by atoms with Gasteiger partial charge in [0.15, 0.2) is 0 Å². The summed E-state index contributed by atoms with van der Waals surface area (Å²) in [6, 6.07) is 8.91. The highest BCUT2D eigenvalue weighted by molar-refractivity contribution is 5.89. The molecule has 3 heteroatoms. The lowest BCUT2D eigenvalue weighted by Crippen LogP contribution is -2.04. The van der Waals surface area contributed by atoms with Gasteiger partial charge in [-0.3, -0.25) is 0 Å². The van der Waals surface area contributed by atoms with Gasteiger partial charge in [-0.2, -0.15) is 0 Å². The molecule has 0 spiro atoms. The Kier molecular flexibility index (Phi) is 7.04. The number of benzene rings is 1. The summed E-state index contributed by atoms with van der Waals surface area (Å²) in [6.45, 7) is 4.06. The van der Waals surface area contributed by atoms with E-state index in [9.17, 15) is 9.59 Å². The van der Waals surface area contributed by atoms with E-state index < -0.39 is 0 Å². The summed E-state index contributed by atoms with van der Waals surface area (Å²) in [6.07, 6.45) is 7.33. The van der Waals surface area contributed by atoms with E-state index in [1.807, 2.05) is 38.1 Å². The normalized spacial score (nSPS) is 13.2. The van der Waals surface area contributed by atoms with Crippen molar-refractivity contribution in [2.24, 2.45) is 5.92 Å². The van der Waals surface area contributed by atoms with Crippen molar-refractivity contribution in [3.63, 3.8) is 0 Å². The molecule has 1 aromatic rings. The number of aldehydes is 1. The molecule has 0 bridgehead atoms. The van der Waals surface area contributed by atoms with E-state index in [4.69, 9.17) is 4.74 Å². The van der Waals surface area contributed by atoms with E-state index in [2.05, 4.69) is 0 Å². The molecule has 0 aromatic heterocycles. The van der Waals surface area contributed by atoms with Crippen molar-refractivity contribution in [2.45, 2.75) is 20.3 Å². The SMILES string of the molecule is CC(=CCOC(=O)c1ccccc1)CC=CC(C)C=O. The van der Waals surface area contributed by atoms with Gasteiger partial charge in [-0.15, -0.1) is 0 Å². The van der Waals surface area contributed by atoms with Gasteiger partial charge in [-0.1, -0.05) is 42.8 Å². The number of hydrogen-bond acceptors (Lipinski definition) is 3. The molecular formula is C17H20O3. The van der Waals surface area contributed by atoms with Crippen LogP contribution in [0.1, 0.15) is 30.6 Å². The molecular weight excluding hydrogens is 252 g/mol. The molecule has 0 radical (unpaired) electrons. The van der Waals surface area contributed by atoms with Crippen LogP contribution >= 0.6 is 0 Å². The van der Waals surface area contributed by atoms with Crippen LogP contribution < -0.4 is 0 Å². The van der Waals surface area contributed by atoms with Crippen LogP contribution in [0.2, 0.25) is 0 Å². The quantitative estimate of drug-likeness (QED) is 0.433. The Hall–Kier alpha value is -2.16. The van der Waals surface area contributed by atoms with Gasteiger partial charge in [0.2, 0.25) is 0 Å². The topological polar surface area (TPSA) is 43.4 Å². The van der Waals surface area contributed by atoms with E-state index in [0.29, 0.717) is 5.56 Å². The lowest BCUT2D eigenvalue weighted by molar-refractivity contribution is -0.109. The highest BCUT2D eigenvalue weighted by atomic mass is 16.5. The molecule has 20 heavy (non-hydrogen) atoms. The Labute approximate surface area is 120 Å². The Balaban J connectivity index is 2.35. The summed E-state index contributed by atoms with van der Waals surface area (Å²) in [5.41, 5.74) is 1.65. The molecule has 0 heterocycles. The molecule has 0 aliphatic rings. The molecule has 1 unspecified atom stereocenters. The van der Waals surface area contributed by atoms with Crippen molar-refractivity contribution >= 4 is 12.3 Å². The molecule has 1 rings (SSSR count). The van der Waals surface area contributed by atoms with Crippen molar-refractivity contribution in [1.29, 1.82) is 0 Å². The summed E-state index contributed by atoms with van der Waals surface area (Å²) in [5.74, 6) is -0.376. The van der Waals surface area contributed by atoms with Crippen LogP contribution in [0.3, 0.4) is 0 Å². The Morgan fingerprint density at radius 1 is 1.30 bits per heavy atom. The predicted molar refractivity (Wildman–Crippen MR) is 79.5 cm³/mol. The maximum absolute atomic E-state index is 11.7. The predicted octanol–water partition coefficient (Wildman–Crippen LogP) is 3.57. The Bertz CT molecular complexity index is 486. The fourth-order valence-electron chi connectivity index (χ4n) is 1.51. The molecule has 0 aliphatic carbocycles. The first-order chi connectivity index (χ1) is 9.63. The minimum absolute atomic E-state index is 0.0568. The number of esters is 1. The molecule has 0 saturated heterocycles. The van der Waals surface area contributed by atoms with E-state index >= 15 is 0 Å². The smallest absolute Gasteiger partial charge is 0.338 e. The molecule has 1 atom stereocenters. The minimum atomic E-state index is -0.320. The van der Waals surface area contributed by atoms with Gasteiger partial charge in [0, 0.05) is 5.92 Å². The first kappa shape index (κ1) is 15.9. The first-order valence-corrected chi connectivity index (χ1v) is 6.63. The molecule has 3 nitrogen and oxygen atoms in total. The van der Waals surface area contributed by atoms with Gasteiger partial charge >= 0.3 is 5.97 Å². The molecule has 0 aliphatic heterocycles. The van der Waals surface area contributed by atoms with Crippen LogP contribution in [0.5, 0.6) is 0 Å². The van der Waals surface area contributed by atoms with Gasteiger partial charge < -0.3 is 9.53 Å². The third-order valence-electron chi connectivity index (χ3n) is 2.75. The maximum atomic E-state index is 11.7. The van der Waals surface area contributed by atoms with Crippen LogP contribution in [-0.2, 0) is 9.53 Å². The monoisotopic (exact) mass is 272 g/mol. The molecule has 0 saturated carbocycles. The number of rotatable bonds is 7. The largest absolute Gasteiger partial charge is 0.458 e. The standard InChI is InChI=1S/C17H20O3/c1-14(7-6-8-15(2)13-18)11-12-20-17(19)16-9-4-3-5-10-16/h3-6,8-11,13,15H,7,12H2,1-2H3. The fraction of sp³-hybridized carbons (Fsp3) is 0.294. The molecule has 0 fully saturated rings. The molecule has 0 N–H and O–H groups in total. The van der Waals surface area contributed by atoms with Crippen LogP contribution in [-0.4, -0.2) is 18.9 Å². The zero-order valence-corrected chi connectivity index (χ0v) is 11.9. The van der Waals surface area contributed by atoms with Crippen molar-refractivity contribution < 1.29 is 14.3 Å². The fourth-order valence-corrected chi connectivity index (χ4v) is 1.51. The summed E-state index contributed by atoms with van der Waals surface area (Å²) >= 11 is 0. The van der Waals surface area contributed by atoms with Gasteiger partial charge in [0.05, 0.1) is 5.56 Å². The lowest BCUT2D eigenvalue weighted by atomic mass is 10.1. The highest BCUT2D eigenvalue weighted by Gasteiger charge is 2.03. The number of carbonyl (C=O) groups is 2. The highest BCUT2D eigenvalue weighted by Crippen LogP contribution is 2.05. The summed E-state index contributed by atoms with van der Waals surface area (Å²) < 4.78 is 5.15. The second-order valence-electron chi connectivity index (χ2n) is 4.64. The van der Waals surface area contributed by atoms with Gasteiger partial charge in [-0.25, -0.2) is 4.79 Å². The number of ether oxygens (including phenoxy) is 1. The van der Waals surface area contributed by atoms with E-state index in [-0.39, 0.29) is 18.5 Å². The average molecular weight is 272 g/mol. The van der Waals surface area contributed by atoms with Crippen molar-refractivity contribution in [3.8, 4) is 0 Å².